The summed E-state index contributed by atoms with van der Waals surface area (Å²) in [5.41, 5.74) is 1.53. The number of aliphatic hydroxyl groups is 1. The first-order chi connectivity index (χ1) is 16.3. The summed E-state index contributed by atoms with van der Waals surface area (Å²) in [6, 6.07) is 3.51. The van der Waals surface area contributed by atoms with E-state index in [1.807, 2.05) is 6.92 Å². The third-order valence-electron chi connectivity index (χ3n) is 5.94. The van der Waals surface area contributed by atoms with Crippen LogP contribution in [-0.4, -0.2) is 60.7 Å². The van der Waals surface area contributed by atoms with E-state index < -0.39 is 30.6 Å². The number of benzene rings is 1. The predicted octanol–water partition coefficient (Wildman–Crippen LogP) is 3.49. The smallest absolute Gasteiger partial charge is 0.350 e. The van der Waals surface area contributed by atoms with Gasteiger partial charge in [0, 0.05) is 12.0 Å². The van der Waals surface area contributed by atoms with E-state index in [0.717, 1.165) is 42.6 Å². The molecular formula is C24H31NO8S. The van der Waals surface area contributed by atoms with Crippen molar-refractivity contribution in [1.82, 2.24) is 4.98 Å². The number of esters is 1. The van der Waals surface area contributed by atoms with Gasteiger partial charge in [-0.25, -0.2) is 9.78 Å². The van der Waals surface area contributed by atoms with Gasteiger partial charge in [-0.3, -0.25) is 4.79 Å². The minimum absolute atomic E-state index is 0.00687. The molecule has 0 spiro atoms. The first-order valence-corrected chi connectivity index (χ1v) is 11.9. The number of thiazole rings is 1. The molecule has 2 atom stereocenters. The highest BCUT2D eigenvalue weighted by Crippen LogP contribution is 2.36. The van der Waals surface area contributed by atoms with Gasteiger partial charge in [-0.05, 0) is 37.5 Å². The van der Waals surface area contributed by atoms with Crippen molar-refractivity contribution in [2.75, 3.05) is 21.3 Å². The summed E-state index contributed by atoms with van der Waals surface area (Å²) in [5.74, 6) is -0.570. The molecule has 1 aromatic heterocycles. The molecule has 0 radical (unpaired) electrons. The molecule has 0 amide bonds. The summed E-state index contributed by atoms with van der Waals surface area (Å²) < 4.78 is 22.0. The fourth-order valence-corrected chi connectivity index (χ4v) is 5.21. The lowest BCUT2D eigenvalue weighted by Crippen LogP contribution is -2.29. The quantitative estimate of drug-likeness (QED) is 0.453. The van der Waals surface area contributed by atoms with Crippen LogP contribution in [0.2, 0.25) is 0 Å². The number of hydrogen-bond donors (Lipinski definition) is 2. The Morgan fingerprint density at radius 1 is 1.15 bits per heavy atom. The van der Waals surface area contributed by atoms with Crippen LogP contribution >= 0.6 is 11.3 Å². The SMILES string of the molecule is COC(=O)c1sc(C[C@H](OC2CCCC2)[C@H](O)c2cc(OC)c(C)c(OC)c2)nc1CC(=O)O. The van der Waals surface area contributed by atoms with E-state index in [-0.39, 0.29) is 23.1 Å². The van der Waals surface area contributed by atoms with Crippen molar-refractivity contribution in [3.63, 3.8) is 0 Å². The second-order valence-electron chi connectivity index (χ2n) is 8.23. The first-order valence-electron chi connectivity index (χ1n) is 11.1. The third-order valence-corrected chi connectivity index (χ3v) is 7.04. The van der Waals surface area contributed by atoms with Crippen molar-refractivity contribution in [2.24, 2.45) is 0 Å². The number of carboxylic acid groups (broad SMARTS) is 1. The van der Waals surface area contributed by atoms with Gasteiger partial charge < -0.3 is 29.2 Å². The maximum absolute atomic E-state index is 12.2. The Kier molecular flexibility index (Phi) is 8.87. The van der Waals surface area contributed by atoms with E-state index in [9.17, 15) is 19.8 Å². The lowest BCUT2D eigenvalue weighted by atomic mass is 9.99. The number of aromatic nitrogens is 1. The highest BCUT2D eigenvalue weighted by molar-refractivity contribution is 7.13. The number of nitrogens with zero attached hydrogens (tertiary/aromatic N) is 1. The van der Waals surface area contributed by atoms with Crippen molar-refractivity contribution in [2.45, 2.75) is 63.8 Å². The fourth-order valence-electron chi connectivity index (χ4n) is 4.17. The zero-order valence-corrected chi connectivity index (χ0v) is 20.6. The molecular weight excluding hydrogens is 462 g/mol. The molecule has 0 aliphatic heterocycles. The van der Waals surface area contributed by atoms with Crippen LogP contribution in [0.25, 0.3) is 0 Å². The molecule has 186 valence electrons. The number of carbonyl (C=O) groups excluding carboxylic acids is 1. The second kappa shape index (κ2) is 11.6. The maximum atomic E-state index is 12.2. The number of hydrogen-bond acceptors (Lipinski definition) is 9. The Bertz CT molecular complexity index is 989. The molecule has 1 fully saturated rings. The summed E-state index contributed by atoms with van der Waals surface area (Å²) in [6.45, 7) is 1.87. The van der Waals surface area contributed by atoms with Crippen LogP contribution < -0.4 is 9.47 Å². The van der Waals surface area contributed by atoms with E-state index >= 15 is 0 Å². The van der Waals surface area contributed by atoms with Crippen molar-refractivity contribution in [1.29, 1.82) is 0 Å². The summed E-state index contributed by atoms with van der Waals surface area (Å²) in [7, 11) is 4.34. The molecule has 0 bridgehead atoms. The number of rotatable bonds is 11. The van der Waals surface area contributed by atoms with E-state index in [1.165, 1.54) is 7.11 Å². The molecule has 2 N–H and O–H groups in total. The van der Waals surface area contributed by atoms with Gasteiger partial charge in [-0.15, -0.1) is 11.3 Å². The average molecular weight is 494 g/mol. The van der Waals surface area contributed by atoms with Gasteiger partial charge in [0.15, 0.2) is 0 Å². The number of aliphatic hydroxyl groups excluding tert-OH is 1. The lowest BCUT2D eigenvalue weighted by molar-refractivity contribution is -0.136. The molecule has 1 aliphatic rings. The molecule has 1 heterocycles. The molecule has 0 saturated heterocycles. The van der Waals surface area contributed by atoms with Crippen molar-refractivity contribution in [3.8, 4) is 11.5 Å². The monoisotopic (exact) mass is 493 g/mol. The highest BCUT2D eigenvalue weighted by Gasteiger charge is 2.31. The van der Waals surface area contributed by atoms with Crippen LogP contribution in [-0.2, 0) is 27.1 Å². The molecule has 0 unspecified atom stereocenters. The average Bonchev–Trinajstić information content (AvgIpc) is 3.47. The van der Waals surface area contributed by atoms with E-state index in [2.05, 4.69) is 4.98 Å². The largest absolute Gasteiger partial charge is 0.496 e. The van der Waals surface area contributed by atoms with Crippen molar-refractivity contribution >= 4 is 23.3 Å². The molecule has 34 heavy (non-hydrogen) atoms. The Morgan fingerprint density at radius 2 is 1.76 bits per heavy atom. The Balaban J connectivity index is 1.95. The van der Waals surface area contributed by atoms with Gasteiger partial charge in [0.1, 0.15) is 22.5 Å². The van der Waals surface area contributed by atoms with Crippen LogP contribution in [0.1, 0.15) is 63.3 Å². The number of carboxylic acids is 1. The van der Waals surface area contributed by atoms with E-state index in [1.54, 1.807) is 26.4 Å². The minimum Gasteiger partial charge on any atom is -0.496 e. The summed E-state index contributed by atoms with van der Waals surface area (Å²) in [6.07, 6.45) is 2.03. The Hall–Kier alpha value is -2.69. The number of aliphatic carboxylic acids is 1. The normalized spacial score (nSPS) is 15.7. The zero-order chi connectivity index (χ0) is 24.8. The van der Waals surface area contributed by atoms with Crippen LogP contribution in [0.3, 0.4) is 0 Å². The van der Waals surface area contributed by atoms with Gasteiger partial charge in [-0.1, -0.05) is 12.8 Å². The third kappa shape index (κ3) is 6.05. The number of ether oxygens (including phenoxy) is 4. The van der Waals surface area contributed by atoms with E-state index in [0.29, 0.717) is 22.1 Å². The zero-order valence-electron chi connectivity index (χ0n) is 19.8. The lowest BCUT2D eigenvalue weighted by Gasteiger charge is -2.27. The highest BCUT2D eigenvalue weighted by atomic mass is 32.1. The molecule has 9 nitrogen and oxygen atoms in total. The fraction of sp³-hybridized carbons (Fsp3) is 0.542. The molecule has 10 heteroatoms. The van der Waals surface area contributed by atoms with Gasteiger partial charge in [0.2, 0.25) is 0 Å². The van der Waals surface area contributed by atoms with Crippen molar-refractivity contribution in [3.05, 3.63) is 38.8 Å². The predicted molar refractivity (Wildman–Crippen MR) is 125 cm³/mol. The minimum atomic E-state index is -1.10. The van der Waals surface area contributed by atoms with Gasteiger partial charge in [0.05, 0.1) is 50.7 Å². The Labute approximate surface area is 202 Å². The van der Waals surface area contributed by atoms with E-state index in [4.69, 9.17) is 18.9 Å². The molecule has 1 aliphatic carbocycles. The van der Waals surface area contributed by atoms with Crippen LogP contribution in [0.15, 0.2) is 12.1 Å². The molecule has 2 aromatic rings. The number of carbonyl (C=O) groups is 2. The van der Waals surface area contributed by atoms with Crippen LogP contribution in [0, 0.1) is 6.92 Å². The standard InChI is InChI=1S/C24H31NO8S/c1-13-17(30-2)9-14(10-18(13)31-3)22(28)19(33-15-7-5-6-8-15)12-20-25-16(11-21(26)27)23(34-20)24(29)32-4/h9-10,15,19,22,28H,5-8,11-12H2,1-4H3,(H,26,27)/t19-,22+/m0/s1. The van der Waals surface area contributed by atoms with Gasteiger partial charge in [0.25, 0.3) is 0 Å². The van der Waals surface area contributed by atoms with Crippen molar-refractivity contribution < 1.29 is 38.7 Å². The number of methoxy groups -OCH3 is 3. The first kappa shape index (κ1) is 25.9. The molecule has 3 rings (SSSR count). The van der Waals surface area contributed by atoms with Crippen LogP contribution in [0.4, 0.5) is 0 Å². The summed E-state index contributed by atoms with van der Waals surface area (Å²) >= 11 is 1.06. The topological polar surface area (TPSA) is 124 Å². The Morgan fingerprint density at radius 3 is 2.29 bits per heavy atom. The van der Waals surface area contributed by atoms with Gasteiger partial charge >= 0.3 is 11.9 Å². The summed E-state index contributed by atoms with van der Waals surface area (Å²) in [4.78, 5) is 28.0. The second-order valence-corrected chi connectivity index (χ2v) is 9.31. The van der Waals surface area contributed by atoms with Gasteiger partial charge in [-0.2, -0.15) is 0 Å². The molecule has 1 aromatic carbocycles. The maximum Gasteiger partial charge on any atom is 0.350 e. The van der Waals surface area contributed by atoms with Crippen LogP contribution in [0.5, 0.6) is 11.5 Å². The molecule has 1 saturated carbocycles. The summed E-state index contributed by atoms with van der Waals surface area (Å²) in [5, 5.41) is 21.1.